The van der Waals surface area contributed by atoms with Crippen LogP contribution in [0.2, 0.25) is 0 Å². The zero-order valence-electron chi connectivity index (χ0n) is 10.9. The quantitative estimate of drug-likeness (QED) is 0.567. The van der Waals surface area contributed by atoms with Crippen LogP contribution < -0.4 is 4.90 Å². The molecule has 1 aliphatic heterocycles. The molecule has 3 fully saturated rings. The maximum absolute atomic E-state index is 12.7. The smallest absolute Gasteiger partial charge is 0.238 e. The molecule has 0 aromatic heterocycles. The van der Waals surface area contributed by atoms with Gasteiger partial charge in [-0.25, -0.2) is 4.90 Å². The van der Waals surface area contributed by atoms with Crippen LogP contribution in [0.15, 0.2) is 24.3 Å². The molecule has 2 bridgehead atoms. The van der Waals surface area contributed by atoms with Gasteiger partial charge in [-0.1, -0.05) is 37.9 Å². The van der Waals surface area contributed by atoms with E-state index < -0.39 is 0 Å². The van der Waals surface area contributed by atoms with Crippen molar-refractivity contribution in [1.29, 1.82) is 0 Å². The van der Waals surface area contributed by atoms with Gasteiger partial charge in [0.25, 0.3) is 0 Å². The molecular weight excluding hydrogens is 402 g/mol. The Morgan fingerprint density at radius 2 is 1.62 bits per heavy atom. The van der Waals surface area contributed by atoms with Crippen molar-refractivity contribution in [2.24, 2.45) is 23.7 Å². The lowest BCUT2D eigenvalue weighted by molar-refractivity contribution is -0.123. The zero-order valence-corrected chi connectivity index (χ0v) is 14.1. The number of fused-ring (bicyclic) bond motifs is 5. The first-order chi connectivity index (χ1) is 10.0. The molecule has 1 N–H and O–H groups in total. The van der Waals surface area contributed by atoms with Crippen LogP contribution in [-0.4, -0.2) is 26.6 Å². The van der Waals surface area contributed by atoms with E-state index in [1.165, 1.54) is 17.0 Å². The van der Waals surface area contributed by atoms with E-state index in [1.807, 2.05) is 0 Å². The summed E-state index contributed by atoms with van der Waals surface area (Å²) in [6.07, 6.45) is 0.923. The summed E-state index contributed by atoms with van der Waals surface area (Å²) in [4.78, 5) is 27.2. The minimum Gasteiger partial charge on any atom is -0.508 e. The van der Waals surface area contributed by atoms with Crippen LogP contribution in [0.5, 0.6) is 5.75 Å². The van der Waals surface area contributed by atoms with Gasteiger partial charge in [0, 0.05) is 15.7 Å². The van der Waals surface area contributed by atoms with Crippen molar-refractivity contribution in [2.45, 2.75) is 16.1 Å². The Kier molecular flexibility index (Phi) is 2.99. The van der Waals surface area contributed by atoms with Crippen molar-refractivity contribution in [3.8, 4) is 5.75 Å². The van der Waals surface area contributed by atoms with Crippen LogP contribution >= 0.6 is 31.9 Å². The number of carbonyl (C=O) groups excluding carboxylic acids is 2. The first kappa shape index (κ1) is 13.8. The third kappa shape index (κ3) is 1.72. The molecular formula is C15H13Br2NO3. The van der Waals surface area contributed by atoms with E-state index in [2.05, 4.69) is 31.9 Å². The van der Waals surface area contributed by atoms with E-state index in [4.69, 9.17) is 0 Å². The number of phenolic OH excluding ortho intramolecular Hbond substituents is 1. The number of rotatable bonds is 1. The second-order valence-electron chi connectivity index (χ2n) is 6.04. The van der Waals surface area contributed by atoms with Crippen molar-refractivity contribution in [1.82, 2.24) is 0 Å². The fourth-order valence-corrected chi connectivity index (χ4v) is 6.11. The van der Waals surface area contributed by atoms with Crippen molar-refractivity contribution < 1.29 is 14.7 Å². The number of carbonyl (C=O) groups is 2. The van der Waals surface area contributed by atoms with Gasteiger partial charge in [-0.3, -0.25) is 9.59 Å². The topological polar surface area (TPSA) is 57.6 Å². The van der Waals surface area contributed by atoms with Crippen LogP contribution in [0.4, 0.5) is 5.69 Å². The SMILES string of the molecule is O=C1[C@@H]2[C@@H]3C[C@@H]([C@@H](Br)[C@H]3Br)[C@@H]2C(=O)N1c1cccc(O)c1. The number of aromatic hydroxyl groups is 1. The van der Waals surface area contributed by atoms with Crippen LogP contribution in [0.1, 0.15) is 6.42 Å². The molecule has 3 aliphatic rings. The fraction of sp³-hybridized carbons (Fsp3) is 0.467. The van der Waals surface area contributed by atoms with Crippen molar-refractivity contribution in [3.63, 3.8) is 0 Å². The van der Waals surface area contributed by atoms with Gasteiger partial charge in [0.15, 0.2) is 0 Å². The summed E-state index contributed by atoms with van der Waals surface area (Å²) in [5, 5.41) is 9.59. The highest BCUT2D eigenvalue weighted by molar-refractivity contribution is 9.12. The molecule has 1 aromatic rings. The number of hydrogen-bond donors (Lipinski definition) is 1. The van der Waals surface area contributed by atoms with Crippen LogP contribution in [0.25, 0.3) is 0 Å². The van der Waals surface area contributed by atoms with Crippen LogP contribution in [0.3, 0.4) is 0 Å². The first-order valence-corrected chi connectivity index (χ1v) is 8.79. The van der Waals surface area contributed by atoms with Gasteiger partial charge in [-0.15, -0.1) is 0 Å². The first-order valence-electron chi connectivity index (χ1n) is 6.95. The molecule has 2 amide bonds. The molecule has 1 aromatic carbocycles. The third-order valence-corrected chi connectivity index (χ3v) is 8.28. The number of benzene rings is 1. The Bertz CT molecular complexity index is 618. The Morgan fingerprint density at radius 3 is 2.14 bits per heavy atom. The van der Waals surface area contributed by atoms with Crippen LogP contribution in [-0.2, 0) is 9.59 Å². The average Bonchev–Trinajstić information content (AvgIpc) is 3.04. The third-order valence-electron chi connectivity index (χ3n) is 5.08. The van der Waals surface area contributed by atoms with Gasteiger partial charge in [0.2, 0.25) is 11.8 Å². The molecule has 0 spiro atoms. The maximum atomic E-state index is 12.7. The number of anilines is 1. The molecule has 0 radical (unpaired) electrons. The van der Waals surface area contributed by atoms with E-state index >= 15 is 0 Å². The Labute approximate surface area is 138 Å². The van der Waals surface area contributed by atoms with Crippen molar-refractivity contribution in [3.05, 3.63) is 24.3 Å². The summed E-state index contributed by atoms with van der Waals surface area (Å²) < 4.78 is 0. The fourth-order valence-electron chi connectivity index (χ4n) is 4.24. The molecule has 1 saturated heterocycles. The zero-order chi connectivity index (χ0) is 14.9. The van der Waals surface area contributed by atoms with Gasteiger partial charge in [0.1, 0.15) is 5.75 Å². The molecule has 6 heteroatoms. The summed E-state index contributed by atoms with van der Waals surface area (Å²) in [6.45, 7) is 0. The summed E-state index contributed by atoms with van der Waals surface area (Å²) in [5.74, 6) is -0.193. The molecule has 6 atom stereocenters. The molecule has 110 valence electrons. The van der Waals surface area contributed by atoms with Crippen LogP contribution in [0, 0.1) is 23.7 Å². The number of phenols is 1. The summed E-state index contributed by atoms with van der Waals surface area (Å²) >= 11 is 7.33. The summed E-state index contributed by atoms with van der Waals surface area (Å²) in [7, 11) is 0. The van der Waals surface area contributed by atoms with Gasteiger partial charge < -0.3 is 5.11 Å². The number of alkyl halides is 2. The minimum absolute atomic E-state index is 0.0601. The number of nitrogens with zero attached hydrogens (tertiary/aromatic N) is 1. The highest BCUT2D eigenvalue weighted by Crippen LogP contribution is 2.60. The number of imide groups is 1. The number of halogens is 2. The van der Waals surface area contributed by atoms with Gasteiger partial charge in [-0.05, 0) is 30.4 Å². The van der Waals surface area contributed by atoms with E-state index in [0.29, 0.717) is 5.69 Å². The van der Waals surface area contributed by atoms with E-state index in [1.54, 1.807) is 12.1 Å². The minimum atomic E-state index is -0.219. The second-order valence-corrected chi connectivity index (χ2v) is 8.15. The van der Waals surface area contributed by atoms with Gasteiger partial charge in [-0.2, -0.15) is 0 Å². The van der Waals surface area contributed by atoms with E-state index in [-0.39, 0.29) is 50.9 Å². The molecule has 21 heavy (non-hydrogen) atoms. The lowest BCUT2D eigenvalue weighted by Crippen LogP contribution is -2.37. The largest absolute Gasteiger partial charge is 0.508 e. The van der Waals surface area contributed by atoms with E-state index in [9.17, 15) is 14.7 Å². The van der Waals surface area contributed by atoms with Gasteiger partial charge >= 0.3 is 0 Å². The van der Waals surface area contributed by atoms with Gasteiger partial charge in [0.05, 0.1) is 17.5 Å². The lowest BCUT2D eigenvalue weighted by atomic mass is 9.81. The standard InChI is InChI=1S/C15H13Br2NO3/c16-12-8-5-9(13(12)17)11-10(8)14(20)18(15(11)21)6-2-1-3-7(19)4-6/h1-4,8-13,19H,5H2/t8-,9+,10+,11-,12-,13+. The predicted molar refractivity (Wildman–Crippen MR) is 84.6 cm³/mol. The average molecular weight is 415 g/mol. The highest BCUT2D eigenvalue weighted by atomic mass is 79.9. The van der Waals surface area contributed by atoms with E-state index in [0.717, 1.165) is 6.42 Å². The monoisotopic (exact) mass is 413 g/mol. The lowest BCUT2D eigenvalue weighted by Gasteiger charge is -2.28. The molecule has 0 unspecified atom stereocenters. The summed E-state index contributed by atoms with van der Waals surface area (Å²) in [6, 6.07) is 6.34. The summed E-state index contributed by atoms with van der Waals surface area (Å²) in [5.41, 5.74) is 0.469. The maximum Gasteiger partial charge on any atom is 0.238 e. The number of amides is 2. The molecule has 4 rings (SSSR count). The molecule has 2 aliphatic carbocycles. The molecule has 4 nitrogen and oxygen atoms in total. The Balaban J connectivity index is 1.75. The molecule has 2 saturated carbocycles. The highest BCUT2D eigenvalue weighted by Gasteiger charge is 2.66. The van der Waals surface area contributed by atoms with Crippen molar-refractivity contribution >= 4 is 49.4 Å². The molecule has 1 heterocycles. The Morgan fingerprint density at radius 1 is 1.05 bits per heavy atom. The number of hydrogen-bond acceptors (Lipinski definition) is 3. The second kappa shape index (κ2) is 4.56. The normalized spacial score (nSPS) is 41.0. The van der Waals surface area contributed by atoms with Crippen molar-refractivity contribution in [2.75, 3.05) is 4.90 Å². The predicted octanol–water partition coefficient (Wildman–Crippen LogP) is 2.67. The Hall–Kier alpha value is -0.880.